The number of aromatic nitrogens is 2. The Hall–Kier alpha value is -1.03. The fourth-order valence-electron chi connectivity index (χ4n) is 3.21. The molecule has 0 aromatic carbocycles. The fraction of sp³-hybridized carbons (Fsp3) is 0.750. The second kappa shape index (κ2) is 3.23. The molecule has 0 unspecified atom stereocenters. The molecule has 2 aliphatic heterocycles. The van der Waals surface area contributed by atoms with Gasteiger partial charge in [-0.05, 0) is 24.7 Å². The molecule has 4 rings (SSSR count). The molecule has 0 radical (unpaired) electrons. The standard InChI is InChI=1S/C12H18N4/c1-2-11(1)16-4-3-14-12(16)15-7-9-5-13-6-10(9)8-15/h3-4,9-11,13H,1-2,5-8H2/t9-,10+. The molecule has 1 aromatic heterocycles. The Bertz CT molecular complexity index is 383. The Labute approximate surface area is 95.6 Å². The summed E-state index contributed by atoms with van der Waals surface area (Å²) in [7, 11) is 0. The number of rotatable bonds is 2. The third kappa shape index (κ3) is 1.29. The van der Waals surface area contributed by atoms with E-state index in [4.69, 9.17) is 0 Å². The maximum Gasteiger partial charge on any atom is 0.205 e. The van der Waals surface area contributed by atoms with Gasteiger partial charge in [0.15, 0.2) is 0 Å². The lowest BCUT2D eigenvalue weighted by Gasteiger charge is -2.19. The fourth-order valence-corrected chi connectivity index (χ4v) is 3.21. The van der Waals surface area contributed by atoms with E-state index in [1.165, 1.54) is 45.0 Å². The van der Waals surface area contributed by atoms with Crippen LogP contribution in [-0.2, 0) is 0 Å². The van der Waals surface area contributed by atoms with Crippen LogP contribution in [0.2, 0.25) is 0 Å². The molecule has 0 amide bonds. The Balaban J connectivity index is 1.59. The van der Waals surface area contributed by atoms with Crippen molar-refractivity contribution in [2.45, 2.75) is 18.9 Å². The van der Waals surface area contributed by atoms with Crippen molar-refractivity contribution in [1.29, 1.82) is 0 Å². The molecule has 4 nitrogen and oxygen atoms in total. The summed E-state index contributed by atoms with van der Waals surface area (Å²) in [6.45, 7) is 4.79. The molecule has 3 fully saturated rings. The number of anilines is 1. The second-order valence-electron chi connectivity index (χ2n) is 5.45. The maximum atomic E-state index is 4.56. The van der Waals surface area contributed by atoms with Crippen molar-refractivity contribution in [2.24, 2.45) is 11.8 Å². The number of fused-ring (bicyclic) bond motifs is 1. The summed E-state index contributed by atoms with van der Waals surface area (Å²) < 4.78 is 2.38. The van der Waals surface area contributed by atoms with Crippen molar-refractivity contribution in [3.8, 4) is 0 Å². The number of hydrogen-bond acceptors (Lipinski definition) is 3. The topological polar surface area (TPSA) is 33.1 Å². The molecular weight excluding hydrogens is 200 g/mol. The SMILES string of the molecule is c1cn(C2CC2)c(N2C[C@H]3CNC[C@H]3C2)n1. The van der Waals surface area contributed by atoms with Crippen LogP contribution in [0.5, 0.6) is 0 Å². The van der Waals surface area contributed by atoms with Gasteiger partial charge in [0.2, 0.25) is 5.95 Å². The van der Waals surface area contributed by atoms with Crippen LogP contribution < -0.4 is 10.2 Å². The summed E-state index contributed by atoms with van der Waals surface area (Å²) >= 11 is 0. The summed E-state index contributed by atoms with van der Waals surface area (Å²) in [6.07, 6.45) is 6.79. The van der Waals surface area contributed by atoms with E-state index in [9.17, 15) is 0 Å². The van der Waals surface area contributed by atoms with Gasteiger partial charge in [-0.15, -0.1) is 0 Å². The van der Waals surface area contributed by atoms with Gasteiger partial charge in [0.25, 0.3) is 0 Å². The minimum Gasteiger partial charge on any atom is -0.342 e. The van der Waals surface area contributed by atoms with E-state index in [2.05, 4.69) is 26.0 Å². The summed E-state index contributed by atoms with van der Waals surface area (Å²) in [5.41, 5.74) is 0. The van der Waals surface area contributed by atoms with Gasteiger partial charge in [-0.1, -0.05) is 0 Å². The van der Waals surface area contributed by atoms with E-state index in [0.29, 0.717) is 0 Å². The second-order valence-corrected chi connectivity index (χ2v) is 5.45. The Morgan fingerprint density at radius 3 is 2.62 bits per heavy atom. The molecule has 2 atom stereocenters. The molecule has 1 aliphatic carbocycles. The van der Waals surface area contributed by atoms with E-state index in [-0.39, 0.29) is 0 Å². The van der Waals surface area contributed by atoms with Crippen molar-refractivity contribution >= 4 is 5.95 Å². The molecule has 3 heterocycles. The van der Waals surface area contributed by atoms with Gasteiger partial charge < -0.3 is 14.8 Å². The summed E-state index contributed by atoms with van der Waals surface area (Å²) in [4.78, 5) is 7.05. The van der Waals surface area contributed by atoms with Gasteiger partial charge in [-0.25, -0.2) is 4.98 Å². The molecule has 0 spiro atoms. The van der Waals surface area contributed by atoms with Crippen LogP contribution in [0.25, 0.3) is 0 Å². The van der Waals surface area contributed by atoms with Crippen molar-refractivity contribution in [1.82, 2.24) is 14.9 Å². The van der Waals surface area contributed by atoms with Crippen molar-refractivity contribution < 1.29 is 0 Å². The van der Waals surface area contributed by atoms with Gasteiger partial charge in [-0.3, -0.25) is 0 Å². The Morgan fingerprint density at radius 2 is 1.94 bits per heavy atom. The third-order valence-electron chi connectivity index (χ3n) is 4.26. The van der Waals surface area contributed by atoms with Crippen LogP contribution in [-0.4, -0.2) is 35.7 Å². The first kappa shape index (κ1) is 9.05. The zero-order valence-corrected chi connectivity index (χ0v) is 9.47. The van der Waals surface area contributed by atoms with E-state index in [1.54, 1.807) is 0 Å². The van der Waals surface area contributed by atoms with Crippen LogP contribution in [0.1, 0.15) is 18.9 Å². The normalized spacial score (nSPS) is 33.4. The third-order valence-corrected chi connectivity index (χ3v) is 4.26. The monoisotopic (exact) mass is 218 g/mol. The molecule has 4 heteroatoms. The maximum absolute atomic E-state index is 4.56. The number of hydrogen-bond donors (Lipinski definition) is 1. The zero-order valence-electron chi connectivity index (χ0n) is 9.47. The van der Waals surface area contributed by atoms with Gasteiger partial charge in [0, 0.05) is 44.6 Å². The van der Waals surface area contributed by atoms with Crippen LogP contribution in [0.15, 0.2) is 12.4 Å². The predicted molar refractivity (Wildman–Crippen MR) is 62.6 cm³/mol. The van der Waals surface area contributed by atoms with Gasteiger partial charge in [0.1, 0.15) is 0 Å². The molecule has 1 N–H and O–H groups in total. The quantitative estimate of drug-likeness (QED) is 0.799. The van der Waals surface area contributed by atoms with E-state index >= 15 is 0 Å². The largest absolute Gasteiger partial charge is 0.342 e. The van der Waals surface area contributed by atoms with Crippen LogP contribution >= 0.6 is 0 Å². The highest BCUT2D eigenvalue weighted by atomic mass is 15.3. The number of nitrogens with one attached hydrogen (secondary N) is 1. The minimum atomic E-state index is 0.746. The number of imidazole rings is 1. The highest BCUT2D eigenvalue weighted by molar-refractivity contribution is 5.35. The molecule has 2 saturated heterocycles. The molecular formula is C12H18N4. The lowest BCUT2D eigenvalue weighted by Crippen LogP contribution is -2.27. The molecule has 1 aromatic rings. The molecule has 16 heavy (non-hydrogen) atoms. The molecule has 3 aliphatic rings. The zero-order chi connectivity index (χ0) is 10.5. The summed E-state index contributed by atoms with van der Waals surface area (Å²) in [6, 6.07) is 0.746. The average Bonchev–Trinajstić information content (AvgIpc) is 2.74. The van der Waals surface area contributed by atoms with Gasteiger partial charge >= 0.3 is 0 Å². The van der Waals surface area contributed by atoms with E-state index in [1.807, 2.05) is 6.20 Å². The Morgan fingerprint density at radius 1 is 1.19 bits per heavy atom. The first-order valence-corrected chi connectivity index (χ1v) is 6.40. The van der Waals surface area contributed by atoms with Crippen molar-refractivity contribution in [2.75, 3.05) is 31.1 Å². The predicted octanol–water partition coefficient (Wildman–Crippen LogP) is 0.874. The first-order chi connectivity index (χ1) is 7.92. The lowest BCUT2D eigenvalue weighted by molar-refractivity contribution is 0.533. The van der Waals surface area contributed by atoms with Gasteiger partial charge in [0.05, 0.1) is 0 Å². The van der Waals surface area contributed by atoms with E-state index < -0.39 is 0 Å². The van der Waals surface area contributed by atoms with Crippen molar-refractivity contribution in [3.63, 3.8) is 0 Å². The van der Waals surface area contributed by atoms with Crippen LogP contribution in [0, 0.1) is 11.8 Å². The van der Waals surface area contributed by atoms with Crippen molar-refractivity contribution in [3.05, 3.63) is 12.4 Å². The first-order valence-electron chi connectivity index (χ1n) is 6.40. The summed E-state index contributed by atoms with van der Waals surface area (Å²) in [5.74, 6) is 2.92. The Kier molecular flexibility index (Phi) is 1.83. The van der Waals surface area contributed by atoms with Gasteiger partial charge in [-0.2, -0.15) is 0 Å². The van der Waals surface area contributed by atoms with E-state index in [0.717, 1.165) is 17.9 Å². The van der Waals surface area contributed by atoms with Crippen LogP contribution in [0.3, 0.4) is 0 Å². The highest BCUT2D eigenvalue weighted by Crippen LogP contribution is 2.39. The molecule has 86 valence electrons. The highest BCUT2D eigenvalue weighted by Gasteiger charge is 2.38. The average molecular weight is 218 g/mol. The summed E-state index contributed by atoms with van der Waals surface area (Å²) in [5, 5.41) is 3.49. The molecule has 1 saturated carbocycles. The minimum absolute atomic E-state index is 0.746. The number of nitrogens with zero attached hydrogens (tertiary/aromatic N) is 3. The molecule has 0 bridgehead atoms. The van der Waals surface area contributed by atoms with Crippen LogP contribution in [0.4, 0.5) is 5.95 Å². The lowest BCUT2D eigenvalue weighted by atomic mass is 10.0. The smallest absolute Gasteiger partial charge is 0.205 e.